The first kappa shape index (κ1) is 11.6. The zero-order valence-corrected chi connectivity index (χ0v) is 10.4. The van der Waals surface area contributed by atoms with Crippen LogP contribution in [-0.2, 0) is 0 Å². The molecular weight excluding hydrogens is 198 g/mol. The van der Waals surface area contributed by atoms with Crippen molar-refractivity contribution in [2.75, 3.05) is 0 Å². The molecule has 1 aromatic heterocycles. The zero-order valence-electron chi connectivity index (χ0n) is 10.4. The van der Waals surface area contributed by atoms with E-state index in [0.717, 1.165) is 5.92 Å². The highest BCUT2D eigenvalue weighted by Gasteiger charge is 2.21. The van der Waals surface area contributed by atoms with Crippen LogP contribution >= 0.6 is 0 Å². The van der Waals surface area contributed by atoms with Crippen molar-refractivity contribution in [2.24, 2.45) is 5.92 Å². The molecule has 2 atom stereocenters. The van der Waals surface area contributed by atoms with Crippen LogP contribution in [0.4, 0.5) is 0 Å². The van der Waals surface area contributed by atoms with Crippen molar-refractivity contribution in [3.8, 4) is 0 Å². The molecule has 3 heteroatoms. The second-order valence-electron chi connectivity index (χ2n) is 5.09. The molecule has 0 bridgehead atoms. The van der Waals surface area contributed by atoms with Crippen LogP contribution < -0.4 is 5.32 Å². The van der Waals surface area contributed by atoms with E-state index in [9.17, 15) is 0 Å². The summed E-state index contributed by atoms with van der Waals surface area (Å²) in [7, 11) is 0. The standard InChI is InChI=1S/C13H23N3/c1-10(12-6-4-3-5-7-12)15-11(2)13-8-9-14-16-13/h8-12,15H,3-7H2,1-2H3,(H,14,16). The Morgan fingerprint density at radius 3 is 2.69 bits per heavy atom. The Hall–Kier alpha value is -0.830. The molecule has 3 nitrogen and oxygen atoms in total. The Labute approximate surface area is 98.0 Å². The molecule has 0 saturated heterocycles. The van der Waals surface area contributed by atoms with E-state index in [0.29, 0.717) is 12.1 Å². The summed E-state index contributed by atoms with van der Waals surface area (Å²) < 4.78 is 0. The summed E-state index contributed by atoms with van der Waals surface area (Å²) in [5.74, 6) is 0.860. The molecule has 1 saturated carbocycles. The Morgan fingerprint density at radius 2 is 2.06 bits per heavy atom. The van der Waals surface area contributed by atoms with Crippen molar-refractivity contribution >= 4 is 0 Å². The summed E-state index contributed by atoms with van der Waals surface area (Å²) in [6, 6.07) is 3.03. The molecule has 0 aromatic carbocycles. The maximum absolute atomic E-state index is 4.00. The van der Waals surface area contributed by atoms with Gasteiger partial charge in [-0.25, -0.2) is 0 Å². The second kappa shape index (κ2) is 5.48. The van der Waals surface area contributed by atoms with Gasteiger partial charge < -0.3 is 5.32 Å². The lowest BCUT2D eigenvalue weighted by Crippen LogP contribution is -2.36. The van der Waals surface area contributed by atoms with Gasteiger partial charge in [-0.15, -0.1) is 0 Å². The van der Waals surface area contributed by atoms with Gasteiger partial charge in [0.1, 0.15) is 0 Å². The Morgan fingerprint density at radius 1 is 1.31 bits per heavy atom. The minimum absolute atomic E-state index is 0.374. The molecule has 0 aliphatic heterocycles. The molecule has 0 radical (unpaired) electrons. The molecule has 1 fully saturated rings. The minimum atomic E-state index is 0.374. The third-order valence-corrected chi connectivity index (χ3v) is 3.86. The topological polar surface area (TPSA) is 40.7 Å². The second-order valence-corrected chi connectivity index (χ2v) is 5.09. The van der Waals surface area contributed by atoms with Crippen LogP contribution in [0.2, 0.25) is 0 Å². The Balaban J connectivity index is 1.84. The van der Waals surface area contributed by atoms with Crippen molar-refractivity contribution in [2.45, 2.75) is 58.0 Å². The molecule has 0 amide bonds. The summed E-state index contributed by atoms with van der Waals surface area (Å²) in [4.78, 5) is 0. The van der Waals surface area contributed by atoms with Crippen LogP contribution in [-0.4, -0.2) is 16.2 Å². The monoisotopic (exact) mass is 221 g/mol. The number of hydrogen-bond donors (Lipinski definition) is 2. The van der Waals surface area contributed by atoms with Crippen molar-refractivity contribution in [1.82, 2.24) is 15.5 Å². The largest absolute Gasteiger partial charge is 0.306 e. The van der Waals surface area contributed by atoms with Crippen molar-refractivity contribution in [1.29, 1.82) is 0 Å². The maximum Gasteiger partial charge on any atom is 0.0518 e. The van der Waals surface area contributed by atoms with Gasteiger partial charge in [-0.2, -0.15) is 5.10 Å². The molecule has 2 rings (SSSR count). The molecule has 1 aliphatic carbocycles. The average molecular weight is 221 g/mol. The van der Waals surface area contributed by atoms with Gasteiger partial charge in [0.15, 0.2) is 0 Å². The van der Waals surface area contributed by atoms with Crippen LogP contribution in [0.5, 0.6) is 0 Å². The van der Waals surface area contributed by atoms with Gasteiger partial charge in [-0.1, -0.05) is 19.3 Å². The third kappa shape index (κ3) is 2.85. The summed E-state index contributed by atoms with van der Waals surface area (Å²) in [6.07, 6.45) is 8.86. The summed E-state index contributed by atoms with van der Waals surface area (Å²) in [5.41, 5.74) is 1.18. The van der Waals surface area contributed by atoms with E-state index in [-0.39, 0.29) is 0 Å². The first-order valence-corrected chi connectivity index (χ1v) is 6.52. The van der Waals surface area contributed by atoms with E-state index >= 15 is 0 Å². The fraction of sp³-hybridized carbons (Fsp3) is 0.769. The fourth-order valence-electron chi connectivity index (χ4n) is 2.76. The van der Waals surface area contributed by atoms with Gasteiger partial charge in [0.05, 0.1) is 5.69 Å². The summed E-state index contributed by atoms with van der Waals surface area (Å²) >= 11 is 0. The molecule has 16 heavy (non-hydrogen) atoms. The van der Waals surface area contributed by atoms with Gasteiger partial charge in [0.25, 0.3) is 0 Å². The number of aromatic amines is 1. The van der Waals surface area contributed by atoms with Gasteiger partial charge in [0.2, 0.25) is 0 Å². The summed E-state index contributed by atoms with van der Waals surface area (Å²) in [5, 5.41) is 10.7. The first-order valence-electron chi connectivity index (χ1n) is 6.52. The number of nitrogens with one attached hydrogen (secondary N) is 2. The highest BCUT2D eigenvalue weighted by atomic mass is 15.1. The van der Waals surface area contributed by atoms with E-state index in [1.165, 1.54) is 37.8 Å². The summed E-state index contributed by atoms with van der Waals surface area (Å²) in [6.45, 7) is 4.52. The molecule has 1 aromatic rings. The van der Waals surface area contributed by atoms with Gasteiger partial charge in [-0.3, -0.25) is 5.10 Å². The number of H-pyrrole nitrogens is 1. The molecule has 0 spiro atoms. The van der Waals surface area contributed by atoms with Crippen LogP contribution in [0.25, 0.3) is 0 Å². The Bertz CT molecular complexity index is 288. The van der Waals surface area contributed by atoms with E-state index in [4.69, 9.17) is 0 Å². The smallest absolute Gasteiger partial charge is 0.0518 e. The van der Waals surface area contributed by atoms with Crippen LogP contribution in [0.3, 0.4) is 0 Å². The van der Waals surface area contributed by atoms with Gasteiger partial charge in [0, 0.05) is 18.3 Å². The third-order valence-electron chi connectivity index (χ3n) is 3.86. The lowest BCUT2D eigenvalue weighted by atomic mass is 9.84. The number of nitrogens with zero attached hydrogens (tertiary/aromatic N) is 1. The van der Waals surface area contributed by atoms with Crippen molar-refractivity contribution < 1.29 is 0 Å². The molecule has 2 unspecified atom stereocenters. The molecule has 1 aliphatic rings. The lowest BCUT2D eigenvalue weighted by Gasteiger charge is -2.30. The molecule has 1 heterocycles. The van der Waals surface area contributed by atoms with Crippen LogP contribution in [0, 0.1) is 5.92 Å². The van der Waals surface area contributed by atoms with Gasteiger partial charge in [-0.05, 0) is 38.7 Å². The highest BCUT2D eigenvalue weighted by molar-refractivity contribution is 5.03. The van der Waals surface area contributed by atoms with Crippen molar-refractivity contribution in [3.05, 3.63) is 18.0 Å². The normalized spacial score (nSPS) is 21.9. The Kier molecular flexibility index (Phi) is 3.99. The number of aromatic nitrogens is 2. The van der Waals surface area contributed by atoms with Crippen LogP contribution in [0.15, 0.2) is 12.3 Å². The quantitative estimate of drug-likeness (QED) is 0.820. The predicted octanol–water partition coefficient (Wildman–Crippen LogP) is 3.03. The average Bonchev–Trinajstić information content (AvgIpc) is 2.83. The van der Waals surface area contributed by atoms with Gasteiger partial charge >= 0.3 is 0 Å². The van der Waals surface area contributed by atoms with E-state index in [2.05, 4.69) is 29.4 Å². The maximum atomic E-state index is 4.00. The highest BCUT2D eigenvalue weighted by Crippen LogP contribution is 2.27. The zero-order chi connectivity index (χ0) is 11.4. The molecular formula is C13H23N3. The lowest BCUT2D eigenvalue weighted by molar-refractivity contribution is 0.267. The minimum Gasteiger partial charge on any atom is -0.306 e. The number of hydrogen-bond acceptors (Lipinski definition) is 2. The molecule has 90 valence electrons. The van der Waals surface area contributed by atoms with E-state index in [1.54, 1.807) is 0 Å². The predicted molar refractivity (Wildman–Crippen MR) is 66.2 cm³/mol. The van der Waals surface area contributed by atoms with Crippen molar-refractivity contribution in [3.63, 3.8) is 0 Å². The van der Waals surface area contributed by atoms with E-state index in [1.807, 2.05) is 12.3 Å². The van der Waals surface area contributed by atoms with E-state index < -0.39 is 0 Å². The fourth-order valence-corrected chi connectivity index (χ4v) is 2.76. The number of rotatable bonds is 4. The first-order chi connectivity index (χ1) is 7.77. The molecule has 2 N–H and O–H groups in total. The SMILES string of the molecule is CC(NC(C)C1CCCCC1)c1ccn[nH]1. The van der Waals surface area contributed by atoms with Crippen LogP contribution in [0.1, 0.15) is 57.7 Å².